The number of rotatable bonds is 4. The molecule has 11 rings (SSSR count). The zero-order valence-corrected chi connectivity index (χ0v) is 29.5. The van der Waals surface area contributed by atoms with Crippen LogP contribution < -0.4 is 5.32 Å². The van der Waals surface area contributed by atoms with Crippen LogP contribution in [-0.2, 0) is 5.41 Å². The fourth-order valence-electron chi connectivity index (χ4n) is 8.79. The van der Waals surface area contributed by atoms with Crippen LogP contribution in [0.2, 0.25) is 0 Å². The van der Waals surface area contributed by atoms with Gasteiger partial charge in [-0.25, -0.2) is 0 Å². The summed E-state index contributed by atoms with van der Waals surface area (Å²) in [5.74, 6) is 1.84. The zero-order valence-electron chi connectivity index (χ0n) is 29.5. The van der Waals surface area contributed by atoms with Crippen LogP contribution in [0, 0.1) is 0 Å². The number of nitrogens with zero attached hydrogens (tertiary/aromatic N) is 3. The Morgan fingerprint density at radius 3 is 2.15 bits per heavy atom. The number of aliphatic imine (C=N–C) groups is 1. The lowest BCUT2D eigenvalue weighted by Gasteiger charge is -2.43. The van der Waals surface area contributed by atoms with Gasteiger partial charge in [-0.15, -0.1) is 0 Å². The fourth-order valence-corrected chi connectivity index (χ4v) is 8.79. The zero-order chi connectivity index (χ0) is 35.3. The van der Waals surface area contributed by atoms with Gasteiger partial charge in [-0.3, -0.25) is 9.56 Å². The molecule has 2 atom stereocenters. The molecule has 1 aliphatic carbocycles. The number of hydrogen-bond acceptors (Lipinski definition) is 2. The number of fused-ring (bicyclic) bond motifs is 8. The Morgan fingerprint density at radius 1 is 0.585 bits per heavy atom. The summed E-state index contributed by atoms with van der Waals surface area (Å²) in [4.78, 5) is 9.06. The van der Waals surface area contributed by atoms with Crippen molar-refractivity contribution in [1.29, 1.82) is 0 Å². The maximum absolute atomic E-state index is 5.34. The molecule has 53 heavy (non-hydrogen) atoms. The molecule has 254 valence electrons. The number of aromatic nitrogens is 2. The smallest absolute Gasteiger partial charge is 0.126 e. The van der Waals surface area contributed by atoms with Gasteiger partial charge in [0.05, 0.1) is 11.0 Å². The summed E-state index contributed by atoms with van der Waals surface area (Å²) in [7, 11) is 0. The first-order chi connectivity index (χ1) is 26.0. The van der Waals surface area contributed by atoms with Gasteiger partial charge in [-0.1, -0.05) is 135 Å². The van der Waals surface area contributed by atoms with E-state index in [9.17, 15) is 0 Å². The number of para-hydroxylation sites is 1. The third-order valence-electron chi connectivity index (χ3n) is 11.5. The number of hydrogen-bond donors (Lipinski definition) is 2. The molecule has 0 saturated heterocycles. The average molecular weight is 683 g/mol. The molecule has 0 bridgehead atoms. The van der Waals surface area contributed by atoms with E-state index in [1.54, 1.807) is 0 Å². The maximum Gasteiger partial charge on any atom is 0.126 e. The molecular weight excluding hydrogens is 647 g/mol. The van der Waals surface area contributed by atoms with E-state index < -0.39 is 0 Å². The van der Waals surface area contributed by atoms with E-state index in [0.29, 0.717) is 0 Å². The second kappa shape index (κ2) is 11.3. The molecule has 5 heteroatoms. The van der Waals surface area contributed by atoms with Gasteiger partial charge in [0.15, 0.2) is 0 Å². The fraction of sp³-hybridized carbons (Fsp3) is 0.104. The van der Waals surface area contributed by atoms with E-state index in [4.69, 9.17) is 10.3 Å². The quantitative estimate of drug-likeness (QED) is 0.191. The molecule has 0 spiro atoms. The summed E-state index contributed by atoms with van der Waals surface area (Å²) in [5.41, 5.74) is 10.8. The molecule has 5 nitrogen and oxygen atoms in total. The highest BCUT2D eigenvalue weighted by Gasteiger charge is 2.36. The number of nitrogens with one attached hydrogen (secondary N) is 2. The molecule has 0 saturated carbocycles. The number of benzene rings is 7. The molecule has 1 aliphatic heterocycles. The predicted molar refractivity (Wildman–Crippen MR) is 219 cm³/mol. The number of aromatic amines is 1. The Balaban J connectivity index is 1.03. The van der Waals surface area contributed by atoms with Crippen molar-refractivity contribution < 1.29 is 0 Å². The molecular formula is C48H36N5-. The first-order valence-corrected chi connectivity index (χ1v) is 18.4. The van der Waals surface area contributed by atoms with E-state index in [0.717, 1.165) is 28.5 Å². The minimum absolute atomic E-state index is 0.0938. The molecule has 7 aromatic carbocycles. The van der Waals surface area contributed by atoms with Crippen LogP contribution in [0.1, 0.15) is 54.1 Å². The van der Waals surface area contributed by atoms with Gasteiger partial charge in [0, 0.05) is 27.4 Å². The molecule has 2 unspecified atom stereocenters. The van der Waals surface area contributed by atoms with E-state index in [1.807, 2.05) is 0 Å². The molecule has 3 heterocycles. The largest absolute Gasteiger partial charge is 0.611 e. The van der Waals surface area contributed by atoms with Crippen LogP contribution in [0.15, 0.2) is 163 Å². The lowest BCUT2D eigenvalue weighted by molar-refractivity contribution is 0.620. The predicted octanol–water partition coefficient (Wildman–Crippen LogP) is 11.8. The summed E-state index contributed by atoms with van der Waals surface area (Å²) < 4.78 is 2.38. The van der Waals surface area contributed by atoms with Gasteiger partial charge in [-0.2, -0.15) is 0 Å². The Bertz CT molecular complexity index is 2960. The molecule has 2 aliphatic rings. The standard InChI is InChI=1S/C48H36N5/c1-48(2)39-17-9-7-15-35(39)37-27-38-36-16-8-10-18-42(36)53(43(38)28-40(37)48)44-24-23-41(49-44)47-51-45(33-21-19-29-11-3-5-13-31(29)25-33)50-46(52-47)34-22-20-30-12-4-6-14-32(30)26-34/h3-28,45,47,49H,1-2H3,(H,50,52)/q-1. The summed E-state index contributed by atoms with van der Waals surface area (Å²) >= 11 is 0. The van der Waals surface area contributed by atoms with Gasteiger partial charge < -0.3 is 15.6 Å². The van der Waals surface area contributed by atoms with Crippen molar-refractivity contribution in [2.24, 2.45) is 4.99 Å². The third kappa shape index (κ3) is 4.64. The molecule has 9 aromatic rings. The first kappa shape index (κ1) is 30.2. The third-order valence-corrected chi connectivity index (χ3v) is 11.5. The van der Waals surface area contributed by atoms with Crippen LogP contribution >= 0.6 is 0 Å². The number of amidine groups is 1. The lowest BCUT2D eigenvalue weighted by Crippen LogP contribution is -2.34. The first-order valence-electron chi connectivity index (χ1n) is 18.4. The van der Waals surface area contributed by atoms with Crippen LogP contribution in [-0.4, -0.2) is 15.4 Å². The van der Waals surface area contributed by atoms with Crippen molar-refractivity contribution >= 4 is 49.2 Å². The van der Waals surface area contributed by atoms with Gasteiger partial charge in [0.25, 0.3) is 0 Å². The second-order valence-corrected chi connectivity index (χ2v) is 15.0. The molecule has 2 N–H and O–H groups in total. The minimum atomic E-state index is -0.376. The van der Waals surface area contributed by atoms with Crippen molar-refractivity contribution in [1.82, 2.24) is 14.9 Å². The van der Waals surface area contributed by atoms with Crippen LogP contribution in [0.4, 0.5) is 0 Å². The Labute approximate surface area is 307 Å². The topological polar surface area (TPSA) is 59.2 Å². The SMILES string of the molecule is CC1(C)c2ccccc2-c2cc3c4ccccc4n(-c4ccc(C5[N-]C(c6ccc7ccccc7c6)N=C(c6ccc7ccccc7c6)N5)[nH]4)c3cc21. The highest BCUT2D eigenvalue weighted by molar-refractivity contribution is 6.11. The Morgan fingerprint density at radius 2 is 1.30 bits per heavy atom. The van der Waals surface area contributed by atoms with Crippen LogP contribution in [0.25, 0.3) is 65.6 Å². The number of H-pyrrole nitrogens is 1. The van der Waals surface area contributed by atoms with Crippen molar-refractivity contribution in [3.05, 3.63) is 191 Å². The molecule has 0 fully saturated rings. The van der Waals surface area contributed by atoms with Gasteiger partial charge >= 0.3 is 0 Å². The van der Waals surface area contributed by atoms with E-state index in [-0.39, 0.29) is 17.7 Å². The average Bonchev–Trinajstić information content (AvgIpc) is 3.88. The van der Waals surface area contributed by atoms with Crippen molar-refractivity contribution in [2.75, 3.05) is 0 Å². The van der Waals surface area contributed by atoms with Crippen LogP contribution in [0.5, 0.6) is 0 Å². The van der Waals surface area contributed by atoms with Crippen molar-refractivity contribution in [3.8, 4) is 16.9 Å². The lowest BCUT2D eigenvalue weighted by atomic mass is 9.82. The summed E-state index contributed by atoms with van der Waals surface area (Å²) in [6.07, 6.45) is -0.719. The van der Waals surface area contributed by atoms with Crippen molar-refractivity contribution in [3.63, 3.8) is 0 Å². The van der Waals surface area contributed by atoms with E-state index in [2.05, 4.69) is 186 Å². The van der Waals surface area contributed by atoms with Gasteiger partial charge in [-0.05, 0) is 98.1 Å². The van der Waals surface area contributed by atoms with Gasteiger partial charge in [0.2, 0.25) is 0 Å². The summed E-state index contributed by atoms with van der Waals surface area (Å²) in [5, 5.41) is 16.3. The Hall–Kier alpha value is -6.43. The van der Waals surface area contributed by atoms with E-state index >= 15 is 0 Å². The molecule has 0 amide bonds. The van der Waals surface area contributed by atoms with Crippen molar-refractivity contribution in [2.45, 2.75) is 31.6 Å². The normalized spacial score (nSPS) is 17.6. The van der Waals surface area contributed by atoms with Crippen LogP contribution in [0.3, 0.4) is 0 Å². The minimum Gasteiger partial charge on any atom is -0.611 e. The highest BCUT2D eigenvalue weighted by Crippen LogP contribution is 2.51. The van der Waals surface area contributed by atoms with Gasteiger partial charge in [0.1, 0.15) is 11.7 Å². The maximum atomic E-state index is 5.34. The molecule has 0 radical (unpaired) electrons. The monoisotopic (exact) mass is 682 g/mol. The van der Waals surface area contributed by atoms with E-state index in [1.165, 1.54) is 65.6 Å². The highest BCUT2D eigenvalue weighted by atomic mass is 15.3. The second-order valence-electron chi connectivity index (χ2n) is 15.0. The molecule has 2 aromatic heterocycles. The summed E-state index contributed by atoms with van der Waals surface area (Å²) in [6, 6.07) is 56.9. The Kier molecular flexibility index (Phi) is 6.43. The summed E-state index contributed by atoms with van der Waals surface area (Å²) in [6.45, 7) is 4.69.